The van der Waals surface area contributed by atoms with Crippen LogP contribution in [0.3, 0.4) is 0 Å². The average Bonchev–Trinajstić information content (AvgIpc) is 2.95. The van der Waals surface area contributed by atoms with Crippen molar-refractivity contribution < 1.29 is 14.3 Å². The molecule has 0 fully saturated rings. The summed E-state index contributed by atoms with van der Waals surface area (Å²) in [6, 6.07) is 6.66. The fourth-order valence-electron chi connectivity index (χ4n) is 2.14. The minimum atomic E-state index is -0.678. The molecule has 0 saturated heterocycles. The molecule has 0 aliphatic rings. The molecular weight excluding hydrogens is 270 g/mol. The van der Waals surface area contributed by atoms with Crippen molar-refractivity contribution in [2.75, 3.05) is 7.11 Å². The molecule has 0 aliphatic heterocycles. The number of nitrogens with one attached hydrogen (secondary N) is 2. The highest BCUT2D eigenvalue weighted by Crippen LogP contribution is 2.16. The standard InChI is InChI=1S/C15H19N3O3/c1-4-9(2)12(15(20)21-3)16-14(19)13-10-7-5-6-8-11(10)17-18-13/h5-9,12H,4H2,1-3H3,(H,16,19)(H,17,18). The smallest absolute Gasteiger partial charge is 0.328 e. The SMILES string of the molecule is CCC(C)C(NC(=O)c1n[nH]c2ccccc12)C(=O)OC. The van der Waals surface area contributed by atoms with Gasteiger partial charge in [0.2, 0.25) is 0 Å². The number of carbonyl (C=O) groups is 2. The summed E-state index contributed by atoms with van der Waals surface area (Å²) in [4.78, 5) is 24.2. The Morgan fingerprint density at radius 1 is 1.38 bits per heavy atom. The molecule has 0 bridgehead atoms. The highest BCUT2D eigenvalue weighted by Gasteiger charge is 2.28. The molecule has 2 unspecified atom stereocenters. The summed E-state index contributed by atoms with van der Waals surface area (Å²) in [6.07, 6.45) is 0.751. The second-order valence-electron chi connectivity index (χ2n) is 4.98. The average molecular weight is 289 g/mol. The van der Waals surface area contributed by atoms with Gasteiger partial charge in [-0.15, -0.1) is 0 Å². The van der Waals surface area contributed by atoms with E-state index in [-0.39, 0.29) is 17.5 Å². The van der Waals surface area contributed by atoms with E-state index in [1.165, 1.54) is 7.11 Å². The first-order valence-electron chi connectivity index (χ1n) is 6.90. The number of esters is 1. The maximum absolute atomic E-state index is 12.4. The minimum Gasteiger partial charge on any atom is -0.467 e. The molecule has 1 aromatic heterocycles. The van der Waals surface area contributed by atoms with Crippen LogP contribution in [0.1, 0.15) is 30.8 Å². The second-order valence-corrected chi connectivity index (χ2v) is 4.98. The van der Waals surface area contributed by atoms with Crippen LogP contribution in [-0.4, -0.2) is 35.2 Å². The number of ether oxygens (including phenoxy) is 1. The minimum absolute atomic E-state index is 0.0217. The second kappa shape index (κ2) is 6.39. The fraction of sp³-hybridized carbons (Fsp3) is 0.400. The van der Waals surface area contributed by atoms with Gasteiger partial charge in [0, 0.05) is 5.39 Å². The van der Waals surface area contributed by atoms with Crippen LogP contribution in [0.15, 0.2) is 24.3 Å². The van der Waals surface area contributed by atoms with Gasteiger partial charge < -0.3 is 10.1 Å². The maximum atomic E-state index is 12.4. The Kier molecular flexibility index (Phi) is 4.57. The summed E-state index contributed by atoms with van der Waals surface area (Å²) >= 11 is 0. The Morgan fingerprint density at radius 2 is 2.10 bits per heavy atom. The van der Waals surface area contributed by atoms with Crippen LogP contribution in [0.5, 0.6) is 0 Å². The predicted octanol–water partition coefficient (Wildman–Crippen LogP) is 1.88. The summed E-state index contributed by atoms with van der Waals surface area (Å²) in [5, 5.41) is 10.3. The van der Waals surface area contributed by atoms with Crippen LogP contribution < -0.4 is 5.32 Å². The lowest BCUT2D eigenvalue weighted by Gasteiger charge is -2.21. The molecule has 1 aromatic carbocycles. The number of methoxy groups -OCH3 is 1. The van der Waals surface area contributed by atoms with Crippen molar-refractivity contribution in [3.63, 3.8) is 0 Å². The lowest BCUT2D eigenvalue weighted by Crippen LogP contribution is -2.45. The van der Waals surface area contributed by atoms with Gasteiger partial charge in [-0.1, -0.05) is 38.5 Å². The van der Waals surface area contributed by atoms with E-state index in [0.717, 1.165) is 17.3 Å². The topological polar surface area (TPSA) is 84.1 Å². The molecule has 0 spiro atoms. The molecule has 0 saturated carbocycles. The van der Waals surface area contributed by atoms with E-state index in [2.05, 4.69) is 15.5 Å². The number of amides is 1. The van der Waals surface area contributed by atoms with Gasteiger partial charge in [0.05, 0.1) is 12.6 Å². The lowest BCUT2D eigenvalue weighted by atomic mass is 9.99. The number of nitrogens with zero attached hydrogens (tertiary/aromatic N) is 1. The molecule has 6 nitrogen and oxygen atoms in total. The van der Waals surface area contributed by atoms with Crippen LogP contribution in [0.25, 0.3) is 10.9 Å². The Hall–Kier alpha value is -2.37. The molecular formula is C15H19N3O3. The third-order valence-corrected chi connectivity index (χ3v) is 3.64. The summed E-state index contributed by atoms with van der Waals surface area (Å²) in [5.74, 6) is -0.854. The van der Waals surface area contributed by atoms with Gasteiger partial charge in [0.25, 0.3) is 5.91 Å². The molecule has 2 aromatic rings. The van der Waals surface area contributed by atoms with E-state index in [4.69, 9.17) is 4.74 Å². The molecule has 2 rings (SSSR count). The third-order valence-electron chi connectivity index (χ3n) is 3.64. The number of aromatic nitrogens is 2. The zero-order valence-electron chi connectivity index (χ0n) is 12.3. The van der Waals surface area contributed by atoms with Crippen LogP contribution >= 0.6 is 0 Å². The Balaban J connectivity index is 2.24. The molecule has 1 heterocycles. The van der Waals surface area contributed by atoms with Gasteiger partial charge in [-0.3, -0.25) is 9.89 Å². The Morgan fingerprint density at radius 3 is 2.76 bits per heavy atom. The van der Waals surface area contributed by atoms with Crippen molar-refractivity contribution in [1.82, 2.24) is 15.5 Å². The van der Waals surface area contributed by atoms with Gasteiger partial charge in [-0.2, -0.15) is 5.10 Å². The van der Waals surface area contributed by atoms with E-state index in [0.29, 0.717) is 0 Å². The maximum Gasteiger partial charge on any atom is 0.328 e. The van der Waals surface area contributed by atoms with Gasteiger partial charge in [-0.25, -0.2) is 4.79 Å². The van der Waals surface area contributed by atoms with E-state index >= 15 is 0 Å². The fourth-order valence-corrected chi connectivity index (χ4v) is 2.14. The van der Waals surface area contributed by atoms with Crippen LogP contribution in [0.2, 0.25) is 0 Å². The molecule has 2 atom stereocenters. The Labute approximate surface area is 122 Å². The largest absolute Gasteiger partial charge is 0.467 e. The normalized spacial score (nSPS) is 13.7. The van der Waals surface area contributed by atoms with Gasteiger partial charge >= 0.3 is 5.97 Å². The summed E-state index contributed by atoms with van der Waals surface area (Å²) in [5.41, 5.74) is 1.06. The summed E-state index contributed by atoms with van der Waals surface area (Å²) < 4.78 is 4.76. The number of fused-ring (bicyclic) bond motifs is 1. The molecule has 2 N–H and O–H groups in total. The van der Waals surface area contributed by atoms with E-state index in [1.54, 1.807) is 0 Å². The lowest BCUT2D eigenvalue weighted by molar-refractivity contribution is -0.144. The summed E-state index contributed by atoms with van der Waals surface area (Å²) in [7, 11) is 1.31. The molecule has 112 valence electrons. The van der Waals surface area contributed by atoms with E-state index < -0.39 is 12.0 Å². The molecule has 0 radical (unpaired) electrons. The monoisotopic (exact) mass is 289 g/mol. The van der Waals surface area contributed by atoms with Crippen molar-refractivity contribution in [3.05, 3.63) is 30.0 Å². The highest BCUT2D eigenvalue weighted by atomic mass is 16.5. The number of aromatic amines is 1. The van der Waals surface area contributed by atoms with Crippen molar-refractivity contribution in [1.29, 1.82) is 0 Å². The number of rotatable bonds is 5. The molecule has 1 amide bonds. The predicted molar refractivity (Wildman–Crippen MR) is 78.8 cm³/mol. The third kappa shape index (κ3) is 3.04. The Bertz CT molecular complexity index is 650. The summed E-state index contributed by atoms with van der Waals surface area (Å²) in [6.45, 7) is 3.85. The number of benzene rings is 1. The number of hydrogen-bond donors (Lipinski definition) is 2. The quantitative estimate of drug-likeness (QED) is 0.823. The zero-order valence-corrected chi connectivity index (χ0v) is 12.3. The zero-order chi connectivity index (χ0) is 15.4. The van der Waals surface area contributed by atoms with Gasteiger partial charge in [0.1, 0.15) is 6.04 Å². The van der Waals surface area contributed by atoms with Gasteiger partial charge in [-0.05, 0) is 12.0 Å². The van der Waals surface area contributed by atoms with Gasteiger partial charge in [0.15, 0.2) is 5.69 Å². The highest BCUT2D eigenvalue weighted by molar-refractivity contribution is 6.05. The number of para-hydroxylation sites is 1. The van der Waals surface area contributed by atoms with Crippen LogP contribution in [0.4, 0.5) is 0 Å². The van der Waals surface area contributed by atoms with Crippen LogP contribution in [0, 0.1) is 5.92 Å². The van der Waals surface area contributed by atoms with Crippen molar-refractivity contribution >= 4 is 22.8 Å². The van der Waals surface area contributed by atoms with E-state index in [1.807, 2.05) is 38.1 Å². The first-order valence-corrected chi connectivity index (χ1v) is 6.90. The first kappa shape index (κ1) is 15.0. The number of hydrogen-bond acceptors (Lipinski definition) is 4. The van der Waals surface area contributed by atoms with Crippen LogP contribution in [-0.2, 0) is 9.53 Å². The van der Waals surface area contributed by atoms with Crippen molar-refractivity contribution in [3.8, 4) is 0 Å². The van der Waals surface area contributed by atoms with E-state index in [9.17, 15) is 9.59 Å². The molecule has 21 heavy (non-hydrogen) atoms. The first-order chi connectivity index (χ1) is 10.1. The van der Waals surface area contributed by atoms with Crippen molar-refractivity contribution in [2.45, 2.75) is 26.3 Å². The molecule has 6 heteroatoms. The number of carbonyl (C=O) groups excluding carboxylic acids is 2. The van der Waals surface area contributed by atoms with Crippen molar-refractivity contribution in [2.24, 2.45) is 5.92 Å². The number of H-pyrrole nitrogens is 1. The molecule has 0 aliphatic carbocycles.